The van der Waals surface area contributed by atoms with E-state index in [1.165, 1.54) is 6.33 Å². The largest absolute Gasteiger partial charge is 0.383 e. The van der Waals surface area contributed by atoms with Gasteiger partial charge in [0.1, 0.15) is 18.0 Å². The second kappa shape index (κ2) is 5.69. The van der Waals surface area contributed by atoms with Gasteiger partial charge in [0, 0.05) is 30.9 Å². The molecule has 0 amide bonds. The molecule has 6 heteroatoms. The van der Waals surface area contributed by atoms with E-state index in [1.807, 2.05) is 24.9 Å². The highest BCUT2D eigenvalue weighted by atomic mass is 15.3. The first-order valence-electron chi connectivity index (χ1n) is 6.44. The zero-order valence-corrected chi connectivity index (χ0v) is 11.6. The maximum Gasteiger partial charge on any atom is 0.134 e. The summed E-state index contributed by atoms with van der Waals surface area (Å²) in [6.45, 7) is 4.80. The van der Waals surface area contributed by atoms with Crippen molar-refractivity contribution in [3.05, 3.63) is 29.3 Å². The molecular weight excluding hydrogens is 240 g/mol. The fraction of sp³-hybridized carbons (Fsp3) is 0.462. The van der Waals surface area contributed by atoms with E-state index in [-0.39, 0.29) is 0 Å². The SMILES string of the molecule is CCCc1c(N)ncnc1NCc1cn(C)nc1C. The second-order valence-corrected chi connectivity index (χ2v) is 4.60. The lowest BCUT2D eigenvalue weighted by molar-refractivity contribution is 0.756. The molecule has 2 aromatic heterocycles. The molecule has 6 nitrogen and oxygen atoms in total. The Balaban J connectivity index is 2.15. The maximum absolute atomic E-state index is 5.90. The van der Waals surface area contributed by atoms with Crippen LogP contribution in [0.15, 0.2) is 12.5 Å². The van der Waals surface area contributed by atoms with Crippen molar-refractivity contribution in [2.75, 3.05) is 11.1 Å². The van der Waals surface area contributed by atoms with Gasteiger partial charge in [-0.1, -0.05) is 13.3 Å². The molecule has 102 valence electrons. The van der Waals surface area contributed by atoms with Crippen molar-refractivity contribution in [2.24, 2.45) is 7.05 Å². The van der Waals surface area contributed by atoms with E-state index in [4.69, 9.17) is 5.73 Å². The third-order valence-corrected chi connectivity index (χ3v) is 3.04. The Kier molecular flexibility index (Phi) is 3.99. The molecule has 0 aliphatic heterocycles. The third kappa shape index (κ3) is 3.01. The number of nitrogens with zero attached hydrogens (tertiary/aromatic N) is 4. The van der Waals surface area contributed by atoms with E-state index in [0.29, 0.717) is 12.4 Å². The molecule has 0 aliphatic carbocycles. The van der Waals surface area contributed by atoms with Gasteiger partial charge in [0.15, 0.2) is 0 Å². The standard InChI is InChI=1S/C13H20N6/c1-4-5-11-12(14)16-8-17-13(11)15-6-10-7-19(3)18-9(10)2/h7-8H,4-6H2,1-3H3,(H3,14,15,16,17). The molecule has 3 N–H and O–H groups in total. The molecular formula is C13H20N6. The molecule has 2 rings (SSSR count). The first-order valence-corrected chi connectivity index (χ1v) is 6.44. The molecule has 0 aliphatic rings. The van der Waals surface area contributed by atoms with Crippen molar-refractivity contribution >= 4 is 11.6 Å². The molecule has 0 fully saturated rings. The van der Waals surface area contributed by atoms with Crippen LogP contribution in [-0.2, 0) is 20.0 Å². The van der Waals surface area contributed by atoms with E-state index in [0.717, 1.165) is 35.5 Å². The minimum Gasteiger partial charge on any atom is -0.383 e. The molecule has 2 aromatic rings. The van der Waals surface area contributed by atoms with Crippen molar-refractivity contribution in [1.82, 2.24) is 19.7 Å². The van der Waals surface area contributed by atoms with Crippen molar-refractivity contribution in [1.29, 1.82) is 0 Å². The van der Waals surface area contributed by atoms with Crippen LogP contribution in [0, 0.1) is 6.92 Å². The molecule has 0 saturated heterocycles. The highest BCUT2D eigenvalue weighted by molar-refractivity contribution is 5.55. The van der Waals surface area contributed by atoms with Crippen LogP contribution in [0.1, 0.15) is 30.2 Å². The van der Waals surface area contributed by atoms with Crippen LogP contribution in [0.3, 0.4) is 0 Å². The van der Waals surface area contributed by atoms with Gasteiger partial charge in [-0.2, -0.15) is 5.10 Å². The predicted octanol–water partition coefficient (Wildman–Crippen LogP) is 1.67. The summed E-state index contributed by atoms with van der Waals surface area (Å²) >= 11 is 0. The van der Waals surface area contributed by atoms with E-state index in [9.17, 15) is 0 Å². The number of rotatable bonds is 5. The molecule has 0 aromatic carbocycles. The Bertz CT molecular complexity index is 560. The average molecular weight is 260 g/mol. The van der Waals surface area contributed by atoms with Gasteiger partial charge in [-0.05, 0) is 13.3 Å². The smallest absolute Gasteiger partial charge is 0.134 e. The number of anilines is 2. The van der Waals surface area contributed by atoms with Crippen LogP contribution in [0.5, 0.6) is 0 Å². The highest BCUT2D eigenvalue weighted by Gasteiger charge is 2.09. The van der Waals surface area contributed by atoms with Gasteiger partial charge in [-0.15, -0.1) is 0 Å². The molecule has 0 unspecified atom stereocenters. The number of nitrogens with one attached hydrogen (secondary N) is 1. The quantitative estimate of drug-likeness (QED) is 0.854. The number of aryl methyl sites for hydroxylation is 2. The number of nitrogen functional groups attached to an aromatic ring is 1. The lowest BCUT2D eigenvalue weighted by Gasteiger charge is -2.11. The summed E-state index contributed by atoms with van der Waals surface area (Å²) in [5.41, 5.74) is 9.07. The Morgan fingerprint density at radius 1 is 1.37 bits per heavy atom. The summed E-state index contributed by atoms with van der Waals surface area (Å²) in [4.78, 5) is 8.33. The lowest BCUT2D eigenvalue weighted by Crippen LogP contribution is -2.08. The van der Waals surface area contributed by atoms with Gasteiger partial charge in [0.05, 0.1) is 5.69 Å². The van der Waals surface area contributed by atoms with Crippen molar-refractivity contribution in [2.45, 2.75) is 33.2 Å². The number of nitrogens with two attached hydrogens (primary N) is 1. The molecule has 0 bridgehead atoms. The Labute approximate surface area is 113 Å². The van der Waals surface area contributed by atoms with Crippen LogP contribution < -0.4 is 11.1 Å². The maximum atomic E-state index is 5.90. The fourth-order valence-corrected chi connectivity index (χ4v) is 2.08. The van der Waals surface area contributed by atoms with E-state index in [2.05, 4.69) is 27.3 Å². The Morgan fingerprint density at radius 3 is 2.79 bits per heavy atom. The average Bonchev–Trinajstić information content (AvgIpc) is 2.69. The van der Waals surface area contributed by atoms with Crippen LogP contribution in [0.25, 0.3) is 0 Å². The fourth-order valence-electron chi connectivity index (χ4n) is 2.08. The third-order valence-electron chi connectivity index (χ3n) is 3.04. The summed E-state index contributed by atoms with van der Waals surface area (Å²) < 4.78 is 1.81. The van der Waals surface area contributed by atoms with Crippen molar-refractivity contribution in [3.8, 4) is 0 Å². The molecule has 0 radical (unpaired) electrons. The molecule has 19 heavy (non-hydrogen) atoms. The van der Waals surface area contributed by atoms with E-state index < -0.39 is 0 Å². The van der Waals surface area contributed by atoms with E-state index >= 15 is 0 Å². The highest BCUT2D eigenvalue weighted by Crippen LogP contribution is 2.20. The van der Waals surface area contributed by atoms with Gasteiger partial charge in [0.2, 0.25) is 0 Å². The normalized spacial score (nSPS) is 10.7. The Hall–Kier alpha value is -2.11. The minimum absolute atomic E-state index is 0.558. The van der Waals surface area contributed by atoms with Crippen molar-refractivity contribution < 1.29 is 0 Å². The van der Waals surface area contributed by atoms with Gasteiger partial charge < -0.3 is 11.1 Å². The monoisotopic (exact) mass is 260 g/mol. The molecule has 0 atom stereocenters. The van der Waals surface area contributed by atoms with Gasteiger partial charge in [-0.3, -0.25) is 4.68 Å². The van der Waals surface area contributed by atoms with Gasteiger partial charge >= 0.3 is 0 Å². The van der Waals surface area contributed by atoms with Crippen LogP contribution in [0.2, 0.25) is 0 Å². The molecule has 0 saturated carbocycles. The zero-order chi connectivity index (χ0) is 13.8. The summed E-state index contributed by atoms with van der Waals surface area (Å²) in [5.74, 6) is 1.37. The van der Waals surface area contributed by atoms with Crippen LogP contribution in [0.4, 0.5) is 11.6 Å². The van der Waals surface area contributed by atoms with Crippen LogP contribution in [-0.4, -0.2) is 19.7 Å². The first-order chi connectivity index (χ1) is 9.11. The first kappa shape index (κ1) is 13.3. The zero-order valence-electron chi connectivity index (χ0n) is 11.6. The predicted molar refractivity (Wildman–Crippen MR) is 75.7 cm³/mol. The lowest BCUT2D eigenvalue weighted by atomic mass is 10.1. The summed E-state index contributed by atoms with van der Waals surface area (Å²) in [5, 5.41) is 7.64. The van der Waals surface area contributed by atoms with E-state index in [1.54, 1.807) is 0 Å². The van der Waals surface area contributed by atoms with Gasteiger partial charge in [-0.25, -0.2) is 9.97 Å². The summed E-state index contributed by atoms with van der Waals surface area (Å²) in [6, 6.07) is 0. The second-order valence-electron chi connectivity index (χ2n) is 4.60. The van der Waals surface area contributed by atoms with Gasteiger partial charge in [0.25, 0.3) is 0 Å². The summed E-state index contributed by atoms with van der Waals surface area (Å²) in [7, 11) is 1.92. The molecule has 2 heterocycles. The minimum atomic E-state index is 0.558. The number of hydrogen-bond donors (Lipinski definition) is 2. The van der Waals surface area contributed by atoms with Crippen LogP contribution >= 0.6 is 0 Å². The number of hydrogen-bond acceptors (Lipinski definition) is 5. The molecule has 0 spiro atoms. The summed E-state index contributed by atoms with van der Waals surface area (Å²) in [6.07, 6.45) is 5.39. The Morgan fingerprint density at radius 2 is 2.16 bits per heavy atom. The number of aromatic nitrogens is 4. The topological polar surface area (TPSA) is 81.6 Å². The van der Waals surface area contributed by atoms with Crippen molar-refractivity contribution in [3.63, 3.8) is 0 Å².